The second-order valence-electron chi connectivity index (χ2n) is 7.38. The normalized spacial score (nSPS) is 16.5. The number of aromatic nitrogens is 5. The van der Waals surface area contributed by atoms with Crippen LogP contribution in [-0.2, 0) is 0 Å². The third-order valence-electron chi connectivity index (χ3n) is 5.56. The molecule has 1 saturated heterocycles. The molecule has 3 aromatic heterocycles. The Morgan fingerprint density at radius 1 is 0.967 bits per heavy atom. The zero-order valence-corrected chi connectivity index (χ0v) is 16.3. The number of pyridine rings is 1. The van der Waals surface area contributed by atoms with Crippen molar-refractivity contribution in [3.63, 3.8) is 0 Å². The molecule has 1 aromatic carbocycles. The van der Waals surface area contributed by atoms with Crippen LogP contribution < -0.4 is 0 Å². The number of para-hydroxylation sites is 1. The highest BCUT2D eigenvalue weighted by Crippen LogP contribution is 2.33. The number of rotatable bonds is 3. The Balaban J connectivity index is 1.46. The molecule has 1 amide bonds. The predicted octanol–water partition coefficient (Wildman–Crippen LogP) is 3.50. The molecule has 1 unspecified atom stereocenters. The van der Waals surface area contributed by atoms with Gasteiger partial charge >= 0.3 is 0 Å². The van der Waals surface area contributed by atoms with Gasteiger partial charge in [-0.3, -0.25) is 19.7 Å². The monoisotopic (exact) mass is 396 g/mol. The lowest BCUT2D eigenvalue weighted by Gasteiger charge is -2.33. The molecule has 0 N–H and O–H groups in total. The van der Waals surface area contributed by atoms with Crippen LogP contribution >= 0.6 is 0 Å². The fraction of sp³-hybridized carbons (Fsp3) is 0.217. The summed E-state index contributed by atoms with van der Waals surface area (Å²) < 4.78 is 0. The van der Waals surface area contributed by atoms with Crippen molar-refractivity contribution in [3.8, 4) is 11.1 Å². The van der Waals surface area contributed by atoms with Crippen LogP contribution in [0, 0.1) is 0 Å². The van der Waals surface area contributed by atoms with Crippen LogP contribution in [0.3, 0.4) is 0 Å². The summed E-state index contributed by atoms with van der Waals surface area (Å²) in [7, 11) is 0. The summed E-state index contributed by atoms with van der Waals surface area (Å²) in [6, 6.07) is 9.49. The van der Waals surface area contributed by atoms with E-state index in [9.17, 15) is 4.79 Å². The third-order valence-corrected chi connectivity index (χ3v) is 5.56. The van der Waals surface area contributed by atoms with E-state index in [-0.39, 0.29) is 11.8 Å². The van der Waals surface area contributed by atoms with Crippen LogP contribution in [0.1, 0.15) is 34.8 Å². The molecule has 1 aliphatic heterocycles. The van der Waals surface area contributed by atoms with Crippen molar-refractivity contribution in [3.05, 3.63) is 78.9 Å². The average Bonchev–Trinajstić information content (AvgIpc) is 2.84. The SMILES string of the molecule is O=C(c1cccc2nccnc12)N1CCCC(c2ncncc2-c2ccncc2)C1. The molecule has 4 aromatic rings. The highest BCUT2D eigenvalue weighted by molar-refractivity contribution is 6.04. The van der Waals surface area contributed by atoms with E-state index >= 15 is 0 Å². The van der Waals surface area contributed by atoms with E-state index < -0.39 is 0 Å². The van der Waals surface area contributed by atoms with Crippen molar-refractivity contribution < 1.29 is 4.79 Å². The van der Waals surface area contributed by atoms with Gasteiger partial charge in [-0.25, -0.2) is 9.97 Å². The minimum atomic E-state index is -0.00897. The van der Waals surface area contributed by atoms with Crippen LogP contribution in [-0.4, -0.2) is 48.8 Å². The summed E-state index contributed by atoms with van der Waals surface area (Å²) in [6.45, 7) is 1.34. The summed E-state index contributed by atoms with van der Waals surface area (Å²) in [5.41, 5.74) is 4.98. The summed E-state index contributed by atoms with van der Waals surface area (Å²) in [5.74, 6) is 0.139. The fourth-order valence-corrected chi connectivity index (χ4v) is 4.14. The van der Waals surface area contributed by atoms with Gasteiger partial charge in [-0.05, 0) is 42.7 Å². The summed E-state index contributed by atoms with van der Waals surface area (Å²) >= 11 is 0. The number of benzene rings is 1. The van der Waals surface area contributed by atoms with E-state index in [1.807, 2.05) is 41.4 Å². The highest BCUT2D eigenvalue weighted by Gasteiger charge is 2.29. The molecule has 7 nitrogen and oxygen atoms in total. The molecular weight excluding hydrogens is 376 g/mol. The number of amides is 1. The van der Waals surface area contributed by atoms with Crippen molar-refractivity contribution in [2.75, 3.05) is 13.1 Å². The zero-order valence-electron chi connectivity index (χ0n) is 16.3. The molecule has 4 heterocycles. The van der Waals surface area contributed by atoms with Crippen molar-refractivity contribution in [1.29, 1.82) is 0 Å². The largest absolute Gasteiger partial charge is 0.338 e. The maximum Gasteiger partial charge on any atom is 0.256 e. The molecule has 30 heavy (non-hydrogen) atoms. The summed E-state index contributed by atoms with van der Waals surface area (Å²) in [6.07, 6.45) is 12.1. The lowest BCUT2D eigenvalue weighted by molar-refractivity contribution is 0.0708. The quantitative estimate of drug-likeness (QED) is 0.527. The maximum atomic E-state index is 13.4. The minimum absolute atomic E-state index is 0.00897. The van der Waals surface area contributed by atoms with Crippen molar-refractivity contribution in [1.82, 2.24) is 29.8 Å². The smallest absolute Gasteiger partial charge is 0.256 e. The summed E-state index contributed by atoms with van der Waals surface area (Å²) in [5, 5.41) is 0. The van der Waals surface area contributed by atoms with Crippen molar-refractivity contribution >= 4 is 16.9 Å². The Labute approximate surface area is 173 Å². The van der Waals surface area contributed by atoms with Crippen LogP contribution in [0.15, 0.2) is 67.6 Å². The Kier molecular flexibility index (Phi) is 4.85. The number of carbonyl (C=O) groups excluding carboxylic acids is 1. The number of likely N-dealkylation sites (tertiary alicyclic amines) is 1. The van der Waals surface area contributed by atoms with Gasteiger partial charge in [-0.15, -0.1) is 0 Å². The Morgan fingerprint density at radius 3 is 2.73 bits per heavy atom. The third kappa shape index (κ3) is 3.39. The van der Waals surface area contributed by atoms with Gasteiger partial charge in [0.2, 0.25) is 0 Å². The summed E-state index contributed by atoms with van der Waals surface area (Å²) in [4.78, 5) is 36.9. The van der Waals surface area contributed by atoms with E-state index in [0.717, 1.165) is 41.7 Å². The van der Waals surface area contributed by atoms with E-state index in [2.05, 4.69) is 24.9 Å². The van der Waals surface area contributed by atoms with Gasteiger partial charge in [0.25, 0.3) is 5.91 Å². The second kappa shape index (κ2) is 7.94. The number of piperidine rings is 1. The van der Waals surface area contributed by atoms with Crippen LogP contribution in [0.2, 0.25) is 0 Å². The predicted molar refractivity (Wildman–Crippen MR) is 113 cm³/mol. The average molecular weight is 396 g/mol. The van der Waals surface area contributed by atoms with Crippen LogP contribution in [0.4, 0.5) is 0 Å². The molecule has 1 atom stereocenters. The van der Waals surface area contributed by atoms with Gasteiger partial charge in [-0.1, -0.05) is 6.07 Å². The number of fused-ring (bicyclic) bond motifs is 1. The van der Waals surface area contributed by atoms with Crippen LogP contribution in [0.5, 0.6) is 0 Å². The topological polar surface area (TPSA) is 84.8 Å². The lowest BCUT2D eigenvalue weighted by Crippen LogP contribution is -2.39. The Bertz CT molecular complexity index is 1190. The van der Waals surface area contributed by atoms with Crippen molar-refractivity contribution in [2.24, 2.45) is 0 Å². The van der Waals surface area contributed by atoms with Gasteiger partial charge < -0.3 is 4.90 Å². The van der Waals surface area contributed by atoms with E-state index in [0.29, 0.717) is 17.6 Å². The molecular formula is C23H20N6O. The molecule has 5 rings (SSSR count). The zero-order chi connectivity index (χ0) is 20.3. The highest BCUT2D eigenvalue weighted by atomic mass is 16.2. The molecule has 148 valence electrons. The van der Waals surface area contributed by atoms with Crippen LogP contribution in [0.25, 0.3) is 22.2 Å². The van der Waals surface area contributed by atoms with E-state index in [1.165, 1.54) is 0 Å². The first-order valence-corrected chi connectivity index (χ1v) is 10.0. The number of hydrogen-bond donors (Lipinski definition) is 0. The maximum absolute atomic E-state index is 13.4. The van der Waals surface area contributed by atoms with Gasteiger partial charge in [0, 0.05) is 55.6 Å². The van der Waals surface area contributed by atoms with E-state index in [4.69, 9.17) is 0 Å². The first-order valence-electron chi connectivity index (χ1n) is 10.0. The molecule has 1 aliphatic rings. The van der Waals surface area contributed by atoms with Gasteiger partial charge in [0.05, 0.1) is 16.8 Å². The lowest BCUT2D eigenvalue weighted by atomic mass is 9.90. The number of nitrogens with zero attached hydrogens (tertiary/aromatic N) is 6. The number of hydrogen-bond acceptors (Lipinski definition) is 6. The van der Waals surface area contributed by atoms with E-state index in [1.54, 1.807) is 31.1 Å². The van der Waals surface area contributed by atoms with Gasteiger partial charge in [0.15, 0.2) is 0 Å². The second-order valence-corrected chi connectivity index (χ2v) is 7.38. The standard InChI is InChI=1S/C23H20N6O/c30-23(18-4-1-5-20-22(18)27-11-10-26-20)29-12-2-3-17(14-29)21-19(13-25-15-28-21)16-6-8-24-9-7-16/h1,4-11,13,15,17H,2-3,12,14H2. The Hall–Kier alpha value is -3.74. The Morgan fingerprint density at radius 2 is 1.83 bits per heavy atom. The van der Waals surface area contributed by atoms with Gasteiger partial charge in [-0.2, -0.15) is 0 Å². The van der Waals surface area contributed by atoms with Crippen molar-refractivity contribution in [2.45, 2.75) is 18.8 Å². The molecule has 7 heteroatoms. The molecule has 0 aliphatic carbocycles. The minimum Gasteiger partial charge on any atom is -0.338 e. The molecule has 0 spiro atoms. The molecule has 0 radical (unpaired) electrons. The fourth-order valence-electron chi connectivity index (χ4n) is 4.14. The molecule has 0 saturated carbocycles. The first-order chi connectivity index (χ1) is 14.8. The first kappa shape index (κ1) is 18.3. The molecule has 1 fully saturated rings. The molecule has 0 bridgehead atoms. The van der Waals surface area contributed by atoms with Gasteiger partial charge in [0.1, 0.15) is 11.8 Å². The number of carbonyl (C=O) groups is 1.